The minimum atomic E-state index is 1.06. The fraction of sp³-hybridized carbons (Fsp3) is 0.333. The van der Waals surface area contributed by atoms with Crippen molar-refractivity contribution in [1.29, 1.82) is 0 Å². The molecule has 1 saturated heterocycles. The Hall–Kier alpha value is -1.11. The fourth-order valence-electron chi connectivity index (χ4n) is 3.32. The molecule has 1 fully saturated rings. The van der Waals surface area contributed by atoms with Gasteiger partial charge in [-0.25, -0.2) is 3.11 Å². The van der Waals surface area contributed by atoms with Gasteiger partial charge >= 0.3 is 0 Å². The van der Waals surface area contributed by atoms with E-state index < -0.39 is 0 Å². The number of anilines is 1. The van der Waals surface area contributed by atoms with Gasteiger partial charge in [0.05, 0.1) is 0 Å². The highest BCUT2D eigenvalue weighted by atomic mass is 127. The van der Waals surface area contributed by atoms with Crippen LogP contribution in [0.4, 0.5) is 5.69 Å². The van der Waals surface area contributed by atoms with E-state index in [1.807, 2.05) is 0 Å². The largest absolute Gasteiger partial charge is 0.369 e. The van der Waals surface area contributed by atoms with Crippen molar-refractivity contribution in [3.8, 4) is 11.1 Å². The van der Waals surface area contributed by atoms with E-state index in [1.54, 1.807) is 0 Å². The number of nitrogens with zero attached hydrogens (tertiary/aromatic N) is 2. The summed E-state index contributed by atoms with van der Waals surface area (Å²) in [5.41, 5.74) is 6.92. The van der Waals surface area contributed by atoms with Gasteiger partial charge in [0.1, 0.15) is 0 Å². The smallest absolute Gasteiger partial charge is 0.0367 e. The van der Waals surface area contributed by atoms with Crippen LogP contribution in [0, 0.1) is 0 Å². The molecule has 0 radical (unpaired) electrons. The first-order valence-electron chi connectivity index (χ1n) is 7.88. The summed E-state index contributed by atoms with van der Waals surface area (Å²) in [4.78, 5) is 2.46. The van der Waals surface area contributed by atoms with Gasteiger partial charge in [-0.05, 0) is 40.5 Å². The lowest BCUT2D eigenvalue weighted by Gasteiger charge is -2.29. The zero-order valence-electron chi connectivity index (χ0n) is 12.6. The van der Waals surface area contributed by atoms with E-state index in [4.69, 9.17) is 0 Å². The molecule has 2 aromatic rings. The van der Waals surface area contributed by atoms with Gasteiger partial charge in [-0.1, -0.05) is 24.3 Å². The highest BCUT2D eigenvalue weighted by molar-refractivity contribution is 14.1. The van der Waals surface area contributed by atoms with Gasteiger partial charge in [-0.2, -0.15) is 0 Å². The molecule has 0 spiro atoms. The van der Waals surface area contributed by atoms with Crippen LogP contribution in [0.25, 0.3) is 11.1 Å². The molecule has 0 unspecified atom stereocenters. The second-order valence-electron chi connectivity index (χ2n) is 6.05. The molecular formula is C18H20IN3. The summed E-state index contributed by atoms with van der Waals surface area (Å²) in [5, 5.41) is 3.40. The summed E-state index contributed by atoms with van der Waals surface area (Å²) in [6.07, 6.45) is 0. The number of nitrogens with one attached hydrogen (secondary N) is 1. The highest BCUT2D eigenvalue weighted by Crippen LogP contribution is 2.30. The van der Waals surface area contributed by atoms with Gasteiger partial charge in [-0.3, -0.25) is 0 Å². The van der Waals surface area contributed by atoms with Crippen LogP contribution >= 0.6 is 22.9 Å². The van der Waals surface area contributed by atoms with Crippen molar-refractivity contribution < 1.29 is 0 Å². The Kier molecular flexibility index (Phi) is 4.07. The third-order valence-corrected chi connectivity index (χ3v) is 5.26. The van der Waals surface area contributed by atoms with Gasteiger partial charge in [0.15, 0.2) is 0 Å². The standard InChI is InChI=1S/C18H20IN3/c19-22-12-16-2-1-15(11-17(16)13-22)14-3-5-18(6-4-14)21-9-7-20-8-10-21/h1-6,11,20H,7-10,12-13H2. The molecule has 4 heteroatoms. The lowest BCUT2D eigenvalue weighted by Crippen LogP contribution is -2.43. The number of piperazine rings is 1. The van der Waals surface area contributed by atoms with Gasteiger partial charge in [0.25, 0.3) is 0 Å². The van der Waals surface area contributed by atoms with Crippen LogP contribution in [0.2, 0.25) is 0 Å². The number of hydrogen-bond donors (Lipinski definition) is 1. The summed E-state index contributed by atoms with van der Waals surface area (Å²) in [7, 11) is 0. The summed E-state index contributed by atoms with van der Waals surface area (Å²) in [6.45, 7) is 6.49. The first-order valence-corrected chi connectivity index (χ1v) is 8.85. The molecule has 3 nitrogen and oxygen atoms in total. The van der Waals surface area contributed by atoms with Crippen LogP contribution in [-0.2, 0) is 13.1 Å². The first kappa shape index (κ1) is 14.5. The molecule has 0 amide bonds. The van der Waals surface area contributed by atoms with E-state index in [0.29, 0.717) is 0 Å². The van der Waals surface area contributed by atoms with Crippen molar-refractivity contribution in [2.24, 2.45) is 0 Å². The molecular weight excluding hydrogens is 385 g/mol. The molecule has 2 heterocycles. The molecule has 0 saturated carbocycles. The Morgan fingerprint density at radius 3 is 2.27 bits per heavy atom. The van der Waals surface area contributed by atoms with Crippen LogP contribution < -0.4 is 10.2 Å². The number of hydrogen-bond acceptors (Lipinski definition) is 3. The second kappa shape index (κ2) is 6.18. The van der Waals surface area contributed by atoms with E-state index in [0.717, 1.165) is 39.3 Å². The second-order valence-corrected chi connectivity index (χ2v) is 7.41. The van der Waals surface area contributed by atoms with Crippen LogP contribution in [0.15, 0.2) is 42.5 Å². The Morgan fingerprint density at radius 2 is 1.50 bits per heavy atom. The zero-order valence-corrected chi connectivity index (χ0v) is 14.7. The molecule has 0 atom stereocenters. The van der Waals surface area contributed by atoms with E-state index in [9.17, 15) is 0 Å². The molecule has 22 heavy (non-hydrogen) atoms. The number of fused-ring (bicyclic) bond motifs is 1. The molecule has 2 aliphatic rings. The van der Waals surface area contributed by atoms with Gasteiger partial charge in [0, 0.05) is 67.8 Å². The third-order valence-electron chi connectivity index (χ3n) is 4.57. The molecule has 0 aliphatic carbocycles. The average molecular weight is 405 g/mol. The van der Waals surface area contributed by atoms with Crippen molar-refractivity contribution in [3.05, 3.63) is 53.6 Å². The van der Waals surface area contributed by atoms with Crippen molar-refractivity contribution in [2.45, 2.75) is 13.1 Å². The van der Waals surface area contributed by atoms with E-state index in [-0.39, 0.29) is 0 Å². The molecule has 1 N–H and O–H groups in total. The van der Waals surface area contributed by atoms with Gasteiger partial charge in [-0.15, -0.1) is 0 Å². The number of rotatable bonds is 2. The maximum absolute atomic E-state index is 3.40. The Morgan fingerprint density at radius 1 is 0.818 bits per heavy atom. The predicted molar refractivity (Wildman–Crippen MR) is 100 cm³/mol. The molecule has 0 aromatic heterocycles. The molecule has 2 aliphatic heterocycles. The van der Waals surface area contributed by atoms with Crippen molar-refractivity contribution >= 4 is 28.6 Å². The summed E-state index contributed by atoms with van der Waals surface area (Å²) < 4.78 is 2.33. The SMILES string of the molecule is IN1Cc2ccc(-c3ccc(N4CCNCC4)cc3)cc2C1. The Balaban J connectivity index is 1.57. The van der Waals surface area contributed by atoms with Crippen LogP contribution in [-0.4, -0.2) is 29.3 Å². The van der Waals surface area contributed by atoms with Crippen LogP contribution in [0.3, 0.4) is 0 Å². The van der Waals surface area contributed by atoms with Crippen LogP contribution in [0.5, 0.6) is 0 Å². The minimum Gasteiger partial charge on any atom is -0.369 e. The zero-order chi connectivity index (χ0) is 14.9. The molecule has 4 rings (SSSR count). The quantitative estimate of drug-likeness (QED) is 0.610. The maximum atomic E-state index is 3.40. The van der Waals surface area contributed by atoms with E-state index in [2.05, 4.69) is 78.7 Å². The predicted octanol–water partition coefficient (Wildman–Crippen LogP) is 3.43. The summed E-state index contributed by atoms with van der Waals surface area (Å²) in [5.74, 6) is 0. The Bertz CT molecular complexity index is 663. The Labute approximate surface area is 145 Å². The van der Waals surface area contributed by atoms with Crippen molar-refractivity contribution in [1.82, 2.24) is 8.43 Å². The molecule has 0 bridgehead atoms. The maximum Gasteiger partial charge on any atom is 0.0367 e. The summed E-state index contributed by atoms with van der Waals surface area (Å²) >= 11 is 2.41. The summed E-state index contributed by atoms with van der Waals surface area (Å²) in [6, 6.07) is 15.9. The van der Waals surface area contributed by atoms with E-state index in [1.165, 1.54) is 27.9 Å². The van der Waals surface area contributed by atoms with E-state index >= 15 is 0 Å². The van der Waals surface area contributed by atoms with Gasteiger partial charge < -0.3 is 10.2 Å². The lowest BCUT2D eigenvalue weighted by atomic mass is 10.0. The lowest BCUT2D eigenvalue weighted by molar-refractivity contribution is 0.554. The average Bonchev–Trinajstić information content (AvgIpc) is 2.95. The minimum absolute atomic E-state index is 1.06. The number of halogens is 1. The fourth-order valence-corrected chi connectivity index (χ4v) is 4.06. The van der Waals surface area contributed by atoms with Crippen molar-refractivity contribution in [3.63, 3.8) is 0 Å². The normalized spacial score (nSPS) is 18.5. The monoisotopic (exact) mass is 405 g/mol. The topological polar surface area (TPSA) is 18.5 Å². The first-order chi connectivity index (χ1) is 10.8. The molecule has 114 valence electrons. The van der Waals surface area contributed by atoms with Gasteiger partial charge in [0.2, 0.25) is 0 Å². The molecule has 2 aromatic carbocycles. The van der Waals surface area contributed by atoms with Crippen molar-refractivity contribution in [2.75, 3.05) is 31.1 Å². The van der Waals surface area contributed by atoms with Crippen LogP contribution in [0.1, 0.15) is 11.1 Å². The highest BCUT2D eigenvalue weighted by Gasteiger charge is 2.17. The number of benzene rings is 2. The third kappa shape index (κ3) is 2.87.